The summed E-state index contributed by atoms with van der Waals surface area (Å²) in [5, 5.41) is 0. The van der Waals surface area contributed by atoms with Gasteiger partial charge in [0.1, 0.15) is 0 Å². The van der Waals surface area contributed by atoms with E-state index in [2.05, 4.69) is 24.9 Å². The molecule has 1 aliphatic carbocycles. The van der Waals surface area contributed by atoms with Gasteiger partial charge in [0.05, 0.1) is 0 Å². The number of allylic oxidation sites excluding steroid dienone is 2. The number of hydrogen-bond donors (Lipinski definition) is 0. The number of hydrogen-bond acceptors (Lipinski definition) is 1. The van der Waals surface area contributed by atoms with Crippen molar-refractivity contribution < 1.29 is 0 Å². The summed E-state index contributed by atoms with van der Waals surface area (Å²) in [5.41, 5.74) is 2.16. The van der Waals surface area contributed by atoms with Crippen molar-refractivity contribution in [2.24, 2.45) is 5.41 Å². The van der Waals surface area contributed by atoms with Crippen molar-refractivity contribution in [2.75, 3.05) is 13.6 Å². The molecule has 0 radical (unpaired) electrons. The Labute approximate surface area is 75.4 Å². The van der Waals surface area contributed by atoms with Gasteiger partial charge in [0.15, 0.2) is 0 Å². The van der Waals surface area contributed by atoms with Crippen LogP contribution in [-0.4, -0.2) is 18.5 Å². The highest BCUT2D eigenvalue weighted by Gasteiger charge is 2.35. The topological polar surface area (TPSA) is 3.24 Å². The van der Waals surface area contributed by atoms with Crippen molar-refractivity contribution in [3.05, 3.63) is 11.8 Å². The summed E-state index contributed by atoms with van der Waals surface area (Å²) in [6, 6.07) is 0. The Balaban J connectivity index is 2.27. The first kappa shape index (κ1) is 8.15. The van der Waals surface area contributed by atoms with Crippen LogP contribution in [0.5, 0.6) is 0 Å². The average Bonchev–Trinajstić information content (AvgIpc) is 2.04. The number of fused-ring (bicyclic) bond motifs is 1. The molecule has 0 saturated carbocycles. The highest BCUT2D eigenvalue weighted by atomic mass is 15.1. The fourth-order valence-electron chi connectivity index (χ4n) is 2.80. The van der Waals surface area contributed by atoms with Crippen molar-refractivity contribution in [1.29, 1.82) is 0 Å². The largest absolute Gasteiger partial charge is 0.378 e. The van der Waals surface area contributed by atoms with Gasteiger partial charge in [-0.2, -0.15) is 0 Å². The third-order valence-corrected chi connectivity index (χ3v) is 3.52. The number of likely N-dealkylation sites (tertiary alicyclic amines) is 1. The van der Waals surface area contributed by atoms with E-state index in [9.17, 15) is 0 Å². The SMILES string of the molecule is CN1CCCC2(C)CCCC=C12. The fourth-order valence-corrected chi connectivity index (χ4v) is 2.80. The molecule has 0 bridgehead atoms. The highest BCUT2D eigenvalue weighted by molar-refractivity contribution is 5.16. The molecular formula is C11H19N. The van der Waals surface area contributed by atoms with Gasteiger partial charge in [0.2, 0.25) is 0 Å². The van der Waals surface area contributed by atoms with E-state index in [1.54, 1.807) is 5.70 Å². The van der Waals surface area contributed by atoms with Crippen LogP contribution >= 0.6 is 0 Å². The molecule has 12 heavy (non-hydrogen) atoms. The molecule has 0 aromatic heterocycles. The van der Waals surface area contributed by atoms with Crippen LogP contribution in [0.15, 0.2) is 11.8 Å². The third kappa shape index (κ3) is 1.16. The monoisotopic (exact) mass is 165 g/mol. The van der Waals surface area contributed by atoms with E-state index in [1.165, 1.54) is 38.6 Å². The smallest absolute Gasteiger partial charge is 0.0172 e. The maximum atomic E-state index is 2.46. The van der Waals surface area contributed by atoms with Crippen LogP contribution in [0.2, 0.25) is 0 Å². The van der Waals surface area contributed by atoms with E-state index in [1.807, 2.05) is 0 Å². The molecule has 2 rings (SSSR count). The Hall–Kier alpha value is -0.460. The predicted octanol–water partition coefficient (Wildman–Crippen LogP) is 2.79. The quantitative estimate of drug-likeness (QED) is 0.533. The van der Waals surface area contributed by atoms with Crippen molar-refractivity contribution >= 4 is 0 Å². The predicted molar refractivity (Wildman–Crippen MR) is 51.9 cm³/mol. The van der Waals surface area contributed by atoms with Gasteiger partial charge in [0.25, 0.3) is 0 Å². The molecule has 2 aliphatic rings. The Morgan fingerprint density at radius 2 is 2.08 bits per heavy atom. The van der Waals surface area contributed by atoms with E-state index in [0.717, 1.165) is 0 Å². The first-order chi connectivity index (χ1) is 5.72. The Kier molecular flexibility index (Phi) is 1.90. The number of nitrogens with zero attached hydrogens (tertiary/aromatic N) is 1. The van der Waals surface area contributed by atoms with Crippen LogP contribution in [0.1, 0.15) is 39.0 Å². The summed E-state index contributed by atoms with van der Waals surface area (Å²) in [6.07, 6.45) is 9.35. The van der Waals surface area contributed by atoms with Gasteiger partial charge < -0.3 is 4.90 Å². The first-order valence-corrected chi connectivity index (χ1v) is 5.14. The van der Waals surface area contributed by atoms with Crippen LogP contribution in [0.4, 0.5) is 0 Å². The molecule has 1 heterocycles. The van der Waals surface area contributed by atoms with Crippen LogP contribution in [0.3, 0.4) is 0 Å². The molecule has 68 valence electrons. The molecule has 1 unspecified atom stereocenters. The lowest BCUT2D eigenvalue weighted by atomic mass is 9.72. The first-order valence-electron chi connectivity index (χ1n) is 5.14. The molecule has 1 heteroatoms. The average molecular weight is 165 g/mol. The summed E-state index contributed by atoms with van der Waals surface area (Å²) in [7, 11) is 2.24. The van der Waals surface area contributed by atoms with Crippen LogP contribution in [0.25, 0.3) is 0 Å². The van der Waals surface area contributed by atoms with Gasteiger partial charge >= 0.3 is 0 Å². The minimum absolute atomic E-state index is 0.533. The second-order valence-corrected chi connectivity index (χ2v) is 4.57. The molecule has 0 aromatic rings. The van der Waals surface area contributed by atoms with Gasteiger partial charge in [-0.3, -0.25) is 0 Å². The maximum Gasteiger partial charge on any atom is 0.0172 e. The molecule has 1 atom stereocenters. The summed E-state index contributed by atoms with van der Waals surface area (Å²) >= 11 is 0. The Morgan fingerprint density at radius 1 is 1.33 bits per heavy atom. The van der Waals surface area contributed by atoms with Crippen LogP contribution in [0, 0.1) is 5.41 Å². The molecular weight excluding hydrogens is 146 g/mol. The zero-order chi connectivity index (χ0) is 8.60. The summed E-state index contributed by atoms with van der Waals surface area (Å²) in [4.78, 5) is 2.46. The second-order valence-electron chi connectivity index (χ2n) is 4.57. The van der Waals surface area contributed by atoms with Crippen LogP contribution < -0.4 is 0 Å². The van der Waals surface area contributed by atoms with Crippen molar-refractivity contribution in [3.8, 4) is 0 Å². The maximum absolute atomic E-state index is 2.46. The van der Waals surface area contributed by atoms with E-state index in [0.29, 0.717) is 5.41 Å². The van der Waals surface area contributed by atoms with Gasteiger partial charge in [-0.25, -0.2) is 0 Å². The van der Waals surface area contributed by atoms with Crippen molar-refractivity contribution in [3.63, 3.8) is 0 Å². The van der Waals surface area contributed by atoms with Crippen molar-refractivity contribution in [2.45, 2.75) is 39.0 Å². The number of rotatable bonds is 0. The number of piperidine rings is 1. The minimum Gasteiger partial charge on any atom is -0.378 e. The van der Waals surface area contributed by atoms with Gasteiger partial charge in [-0.15, -0.1) is 0 Å². The molecule has 1 nitrogen and oxygen atoms in total. The molecule has 1 saturated heterocycles. The molecule has 0 aromatic carbocycles. The molecule has 0 amide bonds. The summed E-state index contributed by atoms with van der Waals surface area (Å²) < 4.78 is 0. The zero-order valence-corrected chi connectivity index (χ0v) is 8.27. The summed E-state index contributed by atoms with van der Waals surface area (Å²) in [6.45, 7) is 3.70. The normalized spacial score (nSPS) is 35.8. The lowest BCUT2D eigenvalue weighted by molar-refractivity contribution is 0.170. The zero-order valence-electron chi connectivity index (χ0n) is 8.27. The van der Waals surface area contributed by atoms with Gasteiger partial charge in [0, 0.05) is 24.7 Å². The van der Waals surface area contributed by atoms with Crippen molar-refractivity contribution in [1.82, 2.24) is 4.90 Å². The van der Waals surface area contributed by atoms with E-state index in [-0.39, 0.29) is 0 Å². The minimum atomic E-state index is 0.533. The lowest BCUT2D eigenvalue weighted by Gasteiger charge is -2.45. The van der Waals surface area contributed by atoms with Gasteiger partial charge in [-0.05, 0) is 32.1 Å². The van der Waals surface area contributed by atoms with E-state index >= 15 is 0 Å². The van der Waals surface area contributed by atoms with Gasteiger partial charge in [-0.1, -0.05) is 13.0 Å². The molecule has 1 aliphatic heterocycles. The summed E-state index contributed by atoms with van der Waals surface area (Å²) in [5.74, 6) is 0. The van der Waals surface area contributed by atoms with E-state index < -0.39 is 0 Å². The van der Waals surface area contributed by atoms with Crippen LogP contribution in [-0.2, 0) is 0 Å². The Bertz CT molecular complexity index is 207. The second kappa shape index (κ2) is 2.79. The third-order valence-electron chi connectivity index (χ3n) is 3.52. The fraction of sp³-hybridized carbons (Fsp3) is 0.818. The molecule has 1 fully saturated rings. The lowest BCUT2D eigenvalue weighted by Crippen LogP contribution is -2.38. The Morgan fingerprint density at radius 3 is 2.83 bits per heavy atom. The molecule has 0 N–H and O–H groups in total. The highest BCUT2D eigenvalue weighted by Crippen LogP contribution is 2.44. The van der Waals surface area contributed by atoms with E-state index in [4.69, 9.17) is 0 Å². The standard InChI is InChI=1S/C11H19N/c1-11-7-4-3-6-10(11)12(2)9-5-8-11/h6H,3-5,7-9H2,1-2H3. The molecule has 0 spiro atoms.